The van der Waals surface area contributed by atoms with Gasteiger partial charge in [-0.05, 0) is 30.3 Å². The molecule has 0 aliphatic carbocycles. The monoisotopic (exact) mass is 477 g/mol. The van der Waals surface area contributed by atoms with Crippen LogP contribution in [0.5, 0.6) is 0 Å². The molecule has 0 aromatic heterocycles. The molecule has 148 valence electrons. The number of nitro groups is 1. The Morgan fingerprint density at radius 3 is 2.46 bits per heavy atom. The lowest BCUT2D eigenvalue weighted by molar-refractivity contribution is -0.387. The van der Waals surface area contributed by atoms with Crippen molar-refractivity contribution in [1.82, 2.24) is 0 Å². The molecule has 0 saturated carbocycles. The largest absolute Gasteiger partial charge is 0.417 e. The molecule has 0 aliphatic rings. The highest BCUT2D eigenvalue weighted by atomic mass is 79.9. The van der Waals surface area contributed by atoms with E-state index in [0.29, 0.717) is 0 Å². The van der Waals surface area contributed by atoms with Crippen molar-refractivity contribution < 1.29 is 27.7 Å². The van der Waals surface area contributed by atoms with Crippen molar-refractivity contribution in [3.8, 4) is 0 Å². The molecule has 28 heavy (non-hydrogen) atoms. The van der Waals surface area contributed by atoms with Crippen LogP contribution in [-0.2, 0) is 11.0 Å². The summed E-state index contributed by atoms with van der Waals surface area (Å²) in [6, 6.07) is 6.76. The third kappa shape index (κ3) is 5.45. The van der Waals surface area contributed by atoms with Gasteiger partial charge in [-0.25, -0.2) is 0 Å². The van der Waals surface area contributed by atoms with Gasteiger partial charge >= 0.3 is 6.18 Å². The van der Waals surface area contributed by atoms with Gasteiger partial charge in [0.05, 0.1) is 21.1 Å². The molecule has 2 amide bonds. The summed E-state index contributed by atoms with van der Waals surface area (Å²) >= 11 is 3.60. The molecule has 0 spiro atoms. The summed E-state index contributed by atoms with van der Waals surface area (Å²) in [5, 5.41) is 13.4. The lowest BCUT2D eigenvalue weighted by Gasteiger charge is -2.12. The average Bonchev–Trinajstić information content (AvgIpc) is 2.60. The van der Waals surface area contributed by atoms with Crippen molar-refractivity contribution in [3.63, 3.8) is 0 Å². The number of nitrogens with one attached hydrogen (secondary N) is 1. The highest BCUT2D eigenvalue weighted by Crippen LogP contribution is 2.36. The van der Waals surface area contributed by atoms with Crippen LogP contribution in [0, 0.1) is 10.1 Å². The topological polar surface area (TPSA) is 115 Å². The van der Waals surface area contributed by atoms with Crippen LogP contribution in [0.1, 0.15) is 15.9 Å². The van der Waals surface area contributed by atoms with Crippen LogP contribution in [0.15, 0.2) is 45.8 Å². The molecule has 2 aromatic rings. The number of hydrogen-bond donors (Lipinski definition) is 2. The Morgan fingerprint density at radius 2 is 1.89 bits per heavy atom. The predicted octanol–water partition coefficient (Wildman–Crippen LogP) is 4.21. The van der Waals surface area contributed by atoms with Crippen LogP contribution in [0.2, 0.25) is 0 Å². The van der Waals surface area contributed by atoms with Gasteiger partial charge in [-0.1, -0.05) is 15.9 Å². The Hall–Kier alpha value is -2.60. The van der Waals surface area contributed by atoms with E-state index in [1.54, 1.807) is 0 Å². The van der Waals surface area contributed by atoms with Crippen LogP contribution in [0.4, 0.5) is 24.5 Å². The van der Waals surface area contributed by atoms with Gasteiger partial charge in [0, 0.05) is 21.8 Å². The van der Waals surface area contributed by atoms with Crippen LogP contribution in [0.25, 0.3) is 0 Å². The second kappa shape index (κ2) is 8.61. The number of benzene rings is 2. The zero-order chi connectivity index (χ0) is 21.1. The average molecular weight is 478 g/mol. The maximum atomic E-state index is 12.9. The number of thioether (sulfide) groups is 1. The van der Waals surface area contributed by atoms with Gasteiger partial charge in [-0.2, -0.15) is 13.2 Å². The summed E-state index contributed by atoms with van der Waals surface area (Å²) in [5.41, 5.74) is 3.59. The number of alkyl halides is 3. The molecule has 3 N–H and O–H groups in total. The third-order valence-corrected chi connectivity index (χ3v) is 5.11. The summed E-state index contributed by atoms with van der Waals surface area (Å²) in [6.45, 7) is 0. The maximum Gasteiger partial charge on any atom is 0.417 e. The SMILES string of the molecule is NC(=O)c1ccc(SCC(=O)Nc2ccc(Br)c(C(F)(F)F)c2)c([N+](=O)[O-])c1. The molecule has 0 atom stereocenters. The normalized spacial score (nSPS) is 11.1. The molecule has 0 saturated heterocycles. The van der Waals surface area contributed by atoms with E-state index >= 15 is 0 Å². The summed E-state index contributed by atoms with van der Waals surface area (Å²) in [4.78, 5) is 33.7. The van der Waals surface area contributed by atoms with E-state index < -0.39 is 34.2 Å². The molecule has 12 heteroatoms. The first-order valence-electron chi connectivity index (χ1n) is 7.36. The molecule has 0 unspecified atom stereocenters. The summed E-state index contributed by atoms with van der Waals surface area (Å²) in [7, 11) is 0. The number of carbonyl (C=O) groups is 2. The highest BCUT2D eigenvalue weighted by molar-refractivity contribution is 9.10. The van der Waals surface area contributed by atoms with Crippen molar-refractivity contribution in [3.05, 3.63) is 62.1 Å². The van der Waals surface area contributed by atoms with Crippen molar-refractivity contribution in [1.29, 1.82) is 0 Å². The minimum absolute atomic E-state index is 0.0601. The molecule has 7 nitrogen and oxygen atoms in total. The van der Waals surface area contributed by atoms with Gasteiger partial charge in [0.25, 0.3) is 5.69 Å². The first-order valence-corrected chi connectivity index (χ1v) is 9.14. The van der Waals surface area contributed by atoms with Gasteiger partial charge in [-0.15, -0.1) is 11.8 Å². The number of nitrogens with zero attached hydrogens (tertiary/aromatic N) is 1. The number of anilines is 1. The number of nitro benzene ring substituents is 1. The molecular weight excluding hydrogens is 467 g/mol. The fourth-order valence-electron chi connectivity index (χ4n) is 2.10. The summed E-state index contributed by atoms with van der Waals surface area (Å²) in [5.74, 6) is -1.80. The van der Waals surface area contributed by atoms with E-state index in [9.17, 15) is 32.9 Å². The van der Waals surface area contributed by atoms with Gasteiger partial charge in [-0.3, -0.25) is 19.7 Å². The smallest absolute Gasteiger partial charge is 0.366 e. The van der Waals surface area contributed by atoms with Crippen LogP contribution in [-0.4, -0.2) is 22.5 Å². The van der Waals surface area contributed by atoms with E-state index in [0.717, 1.165) is 30.0 Å². The number of carbonyl (C=O) groups excluding carboxylic acids is 2. The highest BCUT2D eigenvalue weighted by Gasteiger charge is 2.33. The molecule has 0 aliphatic heterocycles. The fraction of sp³-hybridized carbons (Fsp3) is 0.125. The zero-order valence-corrected chi connectivity index (χ0v) is 16.2. The molecular formula is C16H11BrF3N3O4S. The Kier molecular flexibility index (Phi) is 6.67. The Labute approximate surface area is 168 Å². The predicted molar refractivity (Wildman–Crippen MR) is 100 cm³/mol. The Balaban J connectivity index is 2.11. The number of nitrogens with two attached hydrogens (primary N) is 1. The minimum atomic E-state index is -4.60. The van der Waals surface area contributed by atoms with Crippen molar-refractivity contribution in [2.24, 2.45) is 5.73 Å². The van der Waals surface area contributed by atoms with Crippen LogP contribution in [0.3, 0.4) is 0 Å². The van der Waals surface area contributed by atoms with E-state index in [1.165, 1.54) is 18.2 Å². The lowest BCUT2D eigenvalue weighted by Crippen LogP contribution is -2.15. The van der Waals surface area contributed by atoms with Gasteiger partial charge < -0.3 is 11.1 Å². The van der Waals surface area contributed by atoms with Crippen LogP contribution >= 0.6 is 27.7 Å². The second-order valence-electron chi connectivity index (χ2n) is 5.33. The molecule has 0 heterocycles. The lowest BCUT2D eigenvalue weighted by atomic mass is 10.2. The molecule has 2 aromatic carbocycles. The summed E-state index contributed by atoms with van der Waals surface area (Å²) in [6.07, 6.45) is -4.60. The van der Waals surface area contributed by atoms with Crippen LogP contribution < -0.4 is 11.1 Å². The number of halogens is 4. The van der Waals surface area contributed by atoms with Gasteiger partial charge in [0.2, 0.25) is 11.8 Å². The number of amides is 2. The van der Waals surface area contributed by atoms with Crippen molar-refractivity contribution in [2.75, 3.05) is 11.1 Å². The fourth-order valence-corrected chi connectivity index (χ4v) is 3.37. The van der Waals surface area contributed by atoms with E-state index in [1.807, 2.05) is 0 Å². The molecule has 2 rings (SSSR count). The molecule has 0 radical (unpaired) electrons. The zero-order valence-electron chi connectivity index (χ0n) is 13.7. The number of primary amides is 1. The third-order valence-electron chi connectivity index (χ3n) is 3.35. The van der Waals surface area contributed by atoms with Gasteiger partial charge in [0.1, 0.15) is 0 Å². The first-order chi connectivity index (χ1) is 13.0. The van der Waals surface area contributed by atoms with Crippen molar-refractivity contribution in [2.45, 2.75) is 11.1 Å². The minimum Gasteiger partial charge on any atom is -0.366 e. The van der Waals surface area contributed by atoms with E-state index in [-0.39, 0.29) is 26.4 Å². The molecule has 0 fully saturated rings. The summed E-state index contributed by atoms with van der Waals surface area (Å²) < 4.78 is 38.5. The second-order valence-corrected chi connectivity index (χ2v) is 7.20. The standard InChI is InChI=1S/C16H11BrF3N3O4S/c17-11-3-2-9(6-10(11)16(18,19)20)22-14(24)7-28-13-4-1-8(15(21)25)5-12(13)23(26)27/h1-6H,7H2,(H2,21,25)(H,22,24). The number of hydrogen-bond acceptors (Lipinski definition) is 5. The number of rotatable bonds is 6. The quantitative estimate of drug-likeness (QED) is 0.367. The van der Waals surface area contributed by atoms with Gasteiger partial charge in [0.15, 0.2) is 0 Å². The first kappa shape index (κ1) is 21.7. The Morgan fingerprint density at radius 1 is 1.21 bits per heavy atom. The van der Waals surface area contributed by atoms with E-state index in [2.05, 4.69) is 21.2 Å². The van der Waals surface area contributed by atoms with E-state index in [4.69, 9.17) is 5.73 Å². The maximum absolute atomic E-state index is 12.9. The Bertz CT molecular complexity index is 953. The van der Waals surface area contributed by atoms with Crippen molar-refractivity contribution >= 4 is 50.9 Å². The molecule has 0 bridgehead atoms.